The Hall–Kier alpha value is -9.96. The number of nitrogens with zero attached hydrogens (tertiary/aromatic N) is 2. The fourth-order valence-corrected chi connectivity index (χ4v) is 14.2. The van der Waals surface area contributed by atoms with Crippen LogP contribution in [0, 0.1) is 0 Å². The fourth-order valence-electron chi connectivity index (χ4n) is 14.2. The van der Waals surface area contributed by atoms with Crippen molar-refractivity contribution in [2.45, 2.75) is 5.41 Å². The summed E-state index contributed by atoms with van der Waals surface area (Å²) < 4.78 is 0. The molecule has 17 rings (SSSR count). The summed E-state index contributed by atoms with van der Waals surface area (Å²) in [4.78, 5) is 5.14. The van der Waals surface area contributed by atoms with Gasteiger partial charge in [0, 0.05) is 34.1 Å². The van der Waals surface area contributed by atoms with Crippen LogP contribution < -0.4 is 26.2 Å². The Bertz CT molecular complexity index is 4380. The molecule has 0 unspecified atom stereocenters. The summed E-state index contributed by atoms with van der Waals surface area (Å²) in [5.74, 6) is 0. The van der Waals surface area contributed by atoms with Crippen molar-refractivity contribution in [3.63, 3.8) is 0 Å². The van der Waals surface area contributed by atoms with Gasteiger partial charge in [-0.15, -0.1) is 0 Å². The van der Waals surface area contributed by atoms with Gasteiger partial charge in [-0.25, -0.2) is 0 Å². The molecule has 4 aliphatic rings. The van der Waals surface area contributed by atoms with Gasteiger partial charge in [0.15, 0.2) is 0 Å². The van der Waals surface area contributed by atoms with Crippen LogP contribution in [0.1, 0.15) is 22.3 Å². The van der Waals surface area contributed by atoms with E-state index in [4.69, 9.17) is 0 Å². The highest BCUT2D eigenvalue weighted by atomic mass is 15.2. The molecule has 2 heterocycles. The molecule has 13 aromatic carbocycles. The molecule has 3 heteroatoms. The predicted molar refractivity (Wildman–Crippen MR) is 328 cm³/mol. The Morgan fingerprint density at radius 1 is 0.244 bits per heavy atom. The maximum atomic E-state index is 2.57. The van der Waals surface area contributed by atoms with Crippen molar-refractivity contribution < 1.29 is 0 Å². The number of hydrogen-bond donors (Lipinski definition) is 0. The van der Waals surface area contributed by atoms with Crippen molar-refractivity contribution in [3.05, 3.63) is 307 Å². The first-order chi connectivity index (χ1) is 38.7. The summed E-state index contributed by atoms with van der Waals surface area (Å²) in [6.07, 6.45) is 0. The number of fused-ring (bicyclic) bond motifs is 16. The van der Waals surface area contributed by atoms with E-state index < -0.39 is 5.41 Å². The smallest absolute Gasteiger partial charge is 0.252 e. The molecule has 0 atom stereocenters. The van der Waals surface area contributed by atoms with Crippen molar-refractivity contribution >= 4 is 78.8 Å². The lowest BCUT2D eigenvalue weighted by molar-refractivity contribution is 0.794. The number of anilines is 6. The van der Waals surface area contributed by atoms with Gasteiger partial charge in [0.2, 0.25) is 0 Å². The lowest BCUT2D eigenvalue weighted by Crippen LogP contribution is -2.61. The van der Waals surface area contributed by atoms with E-state index in [9.17, 15) is 0 Å². The Morgan fingerprint density at radius 2 is 0.603 bits per heavy atom. The normalized spacial score (nSPS) is 13.7. The summed E-state index contributed by atoms with van der Waals surface area (Å²) in [5.41, 5.74) is 28.2. The largest absolute Gasteiger partial charge is 0.311 e. The van der Waals surface area contributed by atoms with Crippen LogP contribution in [0.25, 0.3) is 77.2 Å². The van der Waals surface area contributed by atoms with Crippen LogP contribution >= 0.6 is 0 Å². The van der Waals surface area contributed by atoms with Crippen molar-refractivity contribution in [1.82, 2.24) is 0 Å². The van der Waals surface area contributed by atoms with Gasteiger partial charge in [-0.3, -0.25) is 0 Å². The molecule has 0 radical (unpaired) electrons. The van der Waals surface area contributed by atoms with Gasteiger partial charge in [0.1, 0.15) is 0 Å². The van der Waals surface area contributed by atoms with Gasteiger partial charge in [-0.1, -0.05) is 231 Å². The average molecular weight is 987 g/mol. The van der Waals surface area contributed by atoms with Crippen LogP contribution in [-0.4, -0.2) is 6.71 Å². The molecule has 0 bridgehead atoms. The van der Waals surface area contributed by atoms with E-state index in [-0.39, 0.29) is 6.71 Å². The van der Waals surface area contributed by atoms with Crippen molar-refractivity contribution in [3.8, 4) is 55.6 Å². The van der Waals surface area contributed by atoms with E-state index in [0.717, 1.165) is 11.4 Å². The minimum absolute atomic E-state index is 0.0581. The molecule has 0 N–H and O–H groups in total. The fraction of sp³-hybridized carbons (Fsp3) is 0.0133. The molecule has 0 amide bonds. The molecule has 78 heavy (non-hydrogen) atoms. The minimum Gasteiger partial charge on any atom is -0.311 e. The van der Waals surface area contributed by atoms with Crippen LogP contribution in [0.15, 0.2) is 285 Å². The summed E-state index contributed by atoms with van der Waals surface area (Å²) >= 11 is 0. The van der Waals surface area contributed by atoms with Gasteiger partial charge in [-0.2, -0.15) is 0 Å². The summed E-state index contributed by atoms with van der Waals surface area (Å²) in [5, 5.41) is 4.92. The minimum atomic E-state index is -0.420. The zero-order valence-electron chi connectivity index (χ0n) is 42.6. The van der Waals surface area contributed by atoms with Crippen LogP contribution in [0.5, 0.6) is 0 Å². The maximum Gasteiger partial charge on any atom is 0.252 e. The topological polar surface area (TPSA) is 6.48 Å². The van der Waals surface area contributed by atoms with Crippen LogP contribution in [-0.2, 0) is 5.41 Å². The SMILES string of the molecule is c1ccc(-c2ccc(N3c4cc5ccccc5cc4B4c5cc6ccccc6cc5N(c5ccc(-c6ccccc6)cc5)c5cc(-c6ccc7c(c6)-c6ccccc6C76c7ccccc7-c7ccccc76)cc3c54)cc2)cc1. The van der Waals surface area contributed by atoms with Gasteiger partial charge < -0.3 is 9.80 Å². The molecule has 1 spiro atoms. The Labute approximate surface area is 454 Å². The first-order valence-electron chi connectivity index (χ1n) is 27.3. The molecule has 0 saturated carbocycles. The molecule has 2 aliphatic heterocycles. The molecule has 2 aliphatic carbocycles. The second-order valence-electron chi connectivity index (χ2n) is 21.5. The van der Waals surface area contributed by atoms with Gasteiger partial charge in [0.05, 0.1) is 5.41 Å². The predicted octanol–water partition coefficient (Wildman–Crippen LogP) is 17.4. The third kappa shape index (κ3) is 6.10. The number of rotatable bonds is 5. The molecule has 360 valence electrons. The van der Waals surface area contributed by atoms with Gasteiger partial charge in [-0.05, 0) is 170 Å². The number of benzene rings is 13. The first kappa shape index (κ1) is 43.3. The zero-order chi connectivity index (χ0) is 51.1. The van der Waals surface area contributed by atoms with Gasteiger partial charge in [0.25, 0.3) is 6.71 Å². The maximum absolute atomic E-state index is 2.57. The first-order valence-corrected chi connectivity index (χ1v) is 27.3. The quantitative estimate of drug-likeness (QED) is 0.159. The standard InChI is InChI=1S/C75H47BN2/c1-3-17-48(18-4-1)50-31-36-58(37-32-50)77-70-44-54-23-9-7-21-52(54)42-68(70)76-69-43-53-22-8-10-24-55(53)45-71(69)78(59-38-33-51(34-39-59)49-19-5-2-6-20-49)73-47-57(46-72(77)74(73)76)56-35-40-67-63(41-56)62-27-13-16-30-66(62)75(67)64-28-14-11-25-60(64)61-26-12-15-29-65(61)75/h1-47H. The molecule has 0 fully saturated rings. The van der Waals surface area contributed by atoms with Crippen molar-refractivity contribution in [2.24, 2.45) is 0 Å². The van der Waals surface area contributed by atoms with Crippen LogP contribution in [0.4, 0.5) is 34.1 Å². The Kier molecular flexibility index (Phi) is 9.17. The molecule has 0 aromatic heterocycles. The summed E-state index contributed by atoms with van der Waals surface area (Å²) in [6.45, 7) is -0.0581. The molecule has 13 aromatic rings. The van der Waals surface area contributed by atoms with Crippen molar-refractivity contribution in [1.29, 1.82) is 0 Å². The second-order valence-corrected chi connectivity index (χ2v) is 21.5. The van der Waals surface area contributed by atoms with E-state index in [1.54, 1.807) is 0 Å². The Morgan fingerprint density at radius 3 is 1.06 bits per heavy atom. The average Bonchev–Trinajstić information content (AvgIpc) is 2.84. The lowest BCUT2D eigenvalue weighted by Gasteiger charge is -2.44. The summed E-state index contributed by atoms with van der Waals surface area (Å²) in [7, 11) is 0. The highest BCUT2D eigenvalue weighted by molar-refractivity contribution is 7.00. The van der Waals surface area contributed by atoms with E-state index in [2.05, 4.69) is 295 Å². The van der Waals surface area contributed by atoms with E-state index in [0.29, 0.717) is 0 Å². The highest BCUT2D eigenvalue weighted by Crippen LogP contribution is 2.63. The number of hydrogen-bond acceptors (Lipinski definition) is 2. The molecule has 0 saturated heterocycles. The monoisotopic (exact) mass is 986 g/mol. The van der Waals surface area contributed by atoms with E-state index >= 15 is 0 Å². The molecular formula is C75H47BN2. The van der Waals surface area contributed by atoms with E-state index in [1.165, 1.54) is 139 Å². The van der Waals surface area contributed by atoms with Crippen molar-refractivity contribution in [2.75, 3.05) is 9.80 Å². The van der Waals surface area contributed by atoms with Gasteiger partial charge >= 0.3 is 0 Å². The van der Waals surface area contributed by atoms with Crippen LogP contribution in [0.2, 0.25) is 0 Å². The second kappa shape index (κ2) is 16.5. The van der Waals surface area contributed by atoms with Crippen LogP contribution in [0.3, 0.4) is 0 Å². The summed E-state index contributed by atoms with van der Waals surface area (Å²) in [6, 6.07) is 107. The third-order valence-electron chi connectivity index (χ3n) is 17.6. The molecule has 2 nitrogen and oxygen atoms in total. The third-order valence-corrected chi connectivity index (χ3v) is 17.6. The molecular weight excluding hydrogens is 940 g/mol. The zero-order valence-corrected chi connectivity index (χ0v) is 42.6. The highest BCUT2D eigenvalue weighted by Gasteiger charge is 2.52. The van der Waals surface area contributed by atoms with E-state index in [1.807, 2.05) is 0 Å². The Balaban J connectivity index is 0.953. The lowest BCUT2D eigenvalue weighted by atomic mass is 9.33.